The van der Waals surface area contributed by atoms with E-state index in [9.17, 15) is 0 Å². The van der Waals surface area contributed by atoms with Crippen LogP contribution in [0.4, 0.5) is 5.82 Å². The van der Waals surface area contributed by atoms with Crippen molar-refractivity contribution in [3.8, 4) is 6.01 Å². The van der Waals surface area contributed by atoms with Crippen LogP contribution in [0.3, 0.4) is 0 Å². The Kier molecular flexibility index (Phi) is 1.81. The average Bonchev–Trinajstić information content (AvgIpc) is 2.56. The molecule has 1 aromatic rings. The summed E-state index contributed by atoms with van der Waals surface area (Å²) in [6.45, 7) is 1.90. The van der Waals surface area contributed by atoms with Gasteiger partial charge in [0.25, 0.3) is 0 Å². The molecule has 0 atom stereocenters. The summed E-state index contributed by atoms with van der Waals surface area (Å²) in [5.41, 5.74) is 0. The molecule has 1 aromatic heterocycles. The fraction of sp³-hybridized carbons (Fsp3) is 0.375. The van der Waals surface area contributed by atoms with Crippen molar-refractivity contribution < 1.29 is 5.11 Å². The second kappa shape index (κ2) is 2.97. The molecule has 4 heteroatoms. The molecule has 1 N–H and O–H groups in total. The predicted molar refractivity (Wildman–Crippen MR) is 44.8 cm³/mol. The maximum absolute atomic E-state index is 9.01. The number of hydrogen-bond donors (Lipinski definition) is 1. The average molecular weight is 164 g/mol. The van der Waals surface area contributed by atoms with E-state index in [0.717, 1.165) is 25.3 Å². The Balaban J connectivity index is 2.21. The van der Waals surface area contributed by atoms with Crippen LogP contribution in [0.1, 0.15) is 6.42 Å². The number of anilines is 1. The number of rotatable bonds is 1. The fourth-order valence-corrected chi connectivity index (χ4v) is 1.31. The van der Waals surface area contributed by atoms with Gasteiger partial charge in [-0.05, 0) is 18.9 Å². The van der Waals surface area contributed by atoms with E-state index in [-0.39, 0.29) is 6.01 Å². The minimum absolute atomic E-state index is 0.153. The molecule has 0 unspecified atom stereocenters. The van der Waals surface area contributed by atoms with E-state index in [0.29, 0.717) is 0 Å². The first-order valence-corrected chi connectivity index (χ1v) is 3.95. The highest BCUT2D eigenvalue weighted by atomic mass is 16.3. The summed E-state index contributed by atoms with van der Waals surface area (Å²) in [4.78, 5) is 9.62. The second-order valence-corrected chi connectivity index (χ2v) is 2.74. The highest BCUT2D eigenvalue weighted by molar-refractivity contribution is 5.40. The van der Waals surface area contributed by atoms with Crippen LogP contribution in [0.5, 0.6) is 6.01 Å². The highest BCUT2D eigenvalue weighted by Crippen LogP contribution is 2.17. The van der Waals surface area contributed by atoms with Gasteiger partial charge in [-0.15, -0.1) is 0 Å². The number of nitrogens with zero attached hydrogens (tertiary/aromatic N) is 3. The van der Waals surface area contributed by atoms with Crippen molar-refractivity contribution >= 4 is 5.82 Å². The fourth-order valence-electron chi connectivity index (χ4n) is 1.31. The summed E-state index contributed by atoms with van der Waals surface area (Å²) in [5, 5.41) is 9.01. The molecular weight excluding hydrogens is 154 g/mol. The summed E-state index contributed by atoms with van der Waals surface area (Å²) in [6, 6.07) is 1.65. The molecule has 0 bridgehead atoms. The van der Waals surface area contributed by atoms with Crippen molar-refractivity contribution in [2.24, 2.45) is 0 Å². The lowest BCUT2D eigenvalue weighted by Gasteiger charge is -2.14. The van der Waals surface area contributed by atoms with E-state index in [1.54, 1.807) is 12.3 Å². The summed E-state index contributed by atoms with van der Waals surface area (Å²) in [5.74, 6) is 0.802. The monoisotopic (exact) mass is 164 g/mol. The van der Waals surface area contributed by atoms with Crippen molar-refractivity contribution in [3.05, 3.63) is 18.7 Å². The van der Waals surface area contributed by atoms with Crippen LogP contribution >= 0.6 is 0 Å². The maximum atomic E-state index is 9.01. The topological polar surface area (TPSA) is 49.3 Å². The molecule has 1 aliphatic heterocycles. The van der Waals surface area contributed by atoms with E-state index in [1.165, 1.54) is 0 Å². The first-order chi connectivity index (χ1) is 5.86. The summed E-state index contributed by atoms with van der Waals surface area (Å²) < 4.78 is 0. The van der Waals surface area contributed by atoms with Gasteiger partial charge in [0.2, 0.25) is 0 Å². The van der Waals surface area contributed by atoms with Crippen LogP contribution in [0.25, 0.3) is 0 Å². The van der Waals surface area contributed by atoms with Crippen LogP contribution in [0.2, 0.25) is 0 Å². The molecule has 0 aliphatic carbocycles. The summed E-state index contributed by atoms with van der Waals surface area (Å²) in [7, 11) is 0. The first-order valence-electron chi connectivity index (χ1n) is 3.95. The van der Waals surface area contributed by atoms with Gasteiger partial charge in [-0.25, -0.2) is 4.98 Å². The third kappa shape index (κ3) is 1.32. The quantitative estimate of drug-likeness (QED) is 0.660. The van der Waals surface area contributed by atoms with Gasteiger partial charge in [0.15, 0.2) is 0 Å². The molecule has 63 valence electrons. The number of aromatic nitrogens is 2. The SMILES string of the molecule is Oc1nccc(N2C[CH]CC2)n1. The normalized spacial score (nSPS) is 16.8. The molecule has 0 saturated carbocycles. The second-order valence-electron chi connectivity index (χ2n) is 2.74. The van der Waals surface area contributed by atoms with Crippen molar-refractivity contribution in [2.75, 3.05) is 18.0 Å². The maximum Gasteiger partial charge on any atom is 0.315 e. The molecule has 1 aliphatic rings. The van der Waals surface area contributed by atoms with Crippen LogP contribution < -0.4 is 4.90 Å². The molecule has 12 heavy (non-hydrogen) atoms. The molecule has 0 spiro atoms. The lowest BCUT2D eigenvalue weighted by Crippen LogP contribution is -2.18. The summed E-state index contributed by atoms with van der Waals surface area (Å²) >= 11 is 0. The van der Waals surface area contributed by atoms with Gasteiger partial charge in [-0.2, -0.15) is 4.98 Å². The van der Waals surface area contributed by atoms with Crippen LogP contribution in [0.15, 0.2) is 12.3 Å². The van der Waals surface area contributed by atoms with Gasteiger partial charge in [-0.3, -0.25) is 0 Å². The molecule has 0 aromatic carbocycles. The van der Waals surface area contributed by atoms with Gasteiger partial charge in [-0.1, -0.05) is 0 Å². The first kappa shape index (κ1) is 7.34. The standard InChI is InChI=1S/C8H10N3O/c12-8-9-4-3-7(10-8)11-5-1-2-6-11/h1,3-4H,2,5-6H2,(H,9,10,12). The minimum Gasteiger partial charge on any atom is -0.479 e. The van der Waals surface area contributed by atoms with E-state index >= 15 is 0 Å². The van der Waals surface area contributed by atoms with Crippen molar-refractivity contribution in [3.63, 3.8) is 0 Å². The van der Waals surface area contributed by atoms with Gasteiger partial charge >= 0.3 is 6.01 Å². The molecule has 1 fully saturated rings. The molecule has 2 rings (SSSR count). The summed E-state index contributed by atoms with van der Waals surface area (Å²) in [6.07, 6.45) is 4.85. The lowest BCUT2D eigenvalue weighted by atomic mass is 10.4. The van der Waals surface area contributed by atoms with Gasteiger partial charge < -0.3 is 10.0 Å². The molecule has 1 saturated heterocycles. The van der Waals surface area contributed by atoms with Crippen molar-refractivity contribution in [2.45, 2.75) is 6.42 Å². The Bertz CT molecular complexity index is 271. The van der Waals surface area contributed by atoms with Crippen molar-refractivity contribution in [1.29, 1.82) is 0 Å². The zero-order chi connectivity index (χ0) is 8.39. The largest absolute Gasteiger partial charge is 0.479 e. The third-order valence-corrected chi connectivity index (χ3v) is 1.90. The Morgan fingerprint density at radius 3 is 3.08 bits per heavy atom. The molecule has 4 nitrogen and oxygen atoms in total. The van der Waals surface area contributed by atoms with E-state index in [1.807, 2.05) is 0 Å². The minimum atomic E-state index is -0.153. The zero-order valence-electron chi connectivity index (χ0n) is 6.64. The zero-order valence-corrected chi connectivity index (χ0v) is 6.64. The predicted octanol–water partition coefficient (Wildman–Crippen LogP) is 0.597. The van der Waals surface area contributed by atoms with Gasteiger partial charge in [0.1, 0.15) is 5.82 Å². The van der Waals surface area contributed by atoms with Crippen LogP contribution in [-0.4, -0.2) is 28.2 Å². The van der Waals surface area contributed by atoms with E-state index < -0.39 is 0 Å². The van der Waals surface area contributed by atoms with Crippen LogP contribution in [-0.2, 0) is 0 Å². The smallest absolute Gasteiger partial charge is 0.315 e. The van der Waals surface area contributed by atoms with Crippen LogP contribution in [0, 0.1) is 6.42 Å². The highest BCUT2D eigenvalue weighted by Gasteiger charge is 2.13. The van der Waals surface area contributed by atoms with Crippen molar-refractivity contribution in [1.82, 2.24) is 9.97 Å². The third-order valence-electron chi connectivity index (χ3n) is 1.90. The van der Waals surface area contributed by atoms with E-state index in [4.69, 9.17) is 5.11 Å². The number of aromatic hydroxyl groups is 1. The molecule has 1 radical (unpaired) electrons. The lowest BCUT2D eigenvalue weighted by molar-refractivity contribution is 0.430. The Labute approximate surface area is 70.9 Å². The van der Waals surface area contributed by atoms with Gasteiger partial charge in [0, 0.05) is 19.3 Å². The van der Waals surface area contributed by atoms with E-state index in [2.05, 4.69) is 21.3 Å². The Hall–Kier alpha value is -1.32. The van der Waals surface area contributed by atoms with Gasteiger partial charge in [0.05, 0.1) is 0 Å². The Morgan fingerprint density at radius 2 is 2.42 bits per heavy atom. The Morgan fingerprint density at radius 1 is 1.50 bits per heavy atom. The molecule has 2 heterocycles. The number of hydrogen-bond acceptors (Lipinski definition) is 4. The molecule has 0 amide bonds. The molecular formula is C8H10N3O.